The van der Waals surface area contributed by atoms with E-state index < -0.39 is 0 Å². The smallest absolute Gasteiger partial charge is 0.126 e. The summed E-state index contributed by atoms with van der Waals surface area (Å²) < 4.78 is 4.99. The van der Waals surface area contributed by atoms with Gasteiger partial charge in [0, 0.05) is 11.3 Å². The number of furan rings is 1. The maximum absolute atomic E-state index is 4.99. The van der Waals surface area contributed by atoms with Crippen LogP contribution in [0, 0.1) is 13.8 Å². The number of aryl methyl sites for hydroxylation is 2. The third-order valence-electron chi connectivity index (χ3n) is 1.78. The summed E-state index contributed by atoms with van der Waals surface area (Å²) in [6.07, 6.45) is 3.32. The molecule has 2 aromatic rings. The molecule has 0 saturated carbocycles. The van der Waals surface area contributed by atoms with Crippen LogP contribution in [0.2, 0.25) is 0 Å². The molecule has 3 nitrogen and oxygen atoms in total. The first-order valence-corrected chi connectivity index (χ1v) is 4.10. The highest BCUT2D eigenvalue weighted by Gasteiger charge is 2.02. The first-order chi connectivity index (χ1) is 6.25. The molecule has 0 N–H and O–H groups in total. The SMILES string of the molecule is Cc1cc(-c2ccoc2)nc(C)n1. The zero-order chi connectivity index (χ0) is 9.26. The molecule has 0 aliphatic rings. The van der Waals surface area contributed by atoms with E-state index in [0.717, 1.165) is 22.8 Å². The van der Waals surface area contributed by atoms with Crippen LogP contribution in [0.4, 0.5) is 0 Å². The number of hydrogen-bond acceptors (Lipinski definition) is 3. The Morgan fingerprint density at radius 3 is 2.69 bits per heavy atom. The molecule has 0 radical (unpaired) electrons. The van der Waals surface area contributed by atoms with Crippen molar-refractivity contribution in [1.82, 2.24) is 9.97 Å². The Balaban J connectivity index is 2.53. The summed E-state index contributed by atoms with van der Waals surface area (Å²) in [5.74, 6) is 0.788. The van der Waals surface area contributed by atoms with Crippen LogP contribution in [0.5, 0.6) is 0 Å². The predicted octanol–water partition coefficient (Wildman–Crippen LogP) is 2.35. The zero-order valence-corrected chi connectivity index (χ0v) is 7.61. The van der Waals surface area contributed by atoms with E-state index >= 15 is 0 Å². The molecule has 13 heavy (non-hydrogen) atoms. The first-order valence-electron chi connectivity index (χ1n) is 4.10. The van der Waals surface area contributed by atoms with Crippen LogP contribution in [0.15, 0.2) is 29.1 Å². The van der Waals surface area contributed by atoms with Gasteiger partial charge < -0.3 is 4.42 Å². The number of nitrogens with zero attached hydrogens (tertiary/aromatic N) is 2. The van der Waals surface area contributed by atoms with Crippen molar-refractivity contribution < 1.29 is 4.42 Å². The summed E-state index contributed by atoms with van der Waals surface area (Å²) in [4.78, 5) is 8.51. The lowest BCUT2D eigenvalue weighted by atomic mass is 10.2. The van der Waals surface area contributed by atoms with Crippen molar-refractivity contribution in [3.05, 3.63) is 36.2 Å². The van der Waals surface area contributed by atoms with Crippen molar-refractivity contribution in [2.24, 2.45) is 0 Å². The van der Waals surface area contributed by atoms with Crippen molar-refractivity contribution >= 4 is 0 Å². The van der Waals surface area contributed by atoms with Crippen molar-refractivity contribution in [2.45, 2.75) is 13.8 Å². The van der Waals surface area contributed by atoms with Gasteiger partial charge in [-0.3, -0.25) is 0 Å². The second-order valence-corrected chi connectivity index (χ2v) is 2.95. The van der Waals surface area contributed by atoms with E-state index in [1.165, 1.54) is 0 Å². The Hall–Kier alpha value is -1.64. The molecule has 2 rings (SSSR count). The Kier molecular flexibility index (Phi) is 1.85. The van der Waals surface area contributed by atoms with E-state index in [1.807, 2.05) is 26.0 Å². The van der Waals surface area contributed by atoms with E-state index in [2.05, 4.69) is 9.97 Å². The van der Waals surface area contributed by atoms with E-state index in [1.54, 1.807) is 12.5 Å². The molecular weight excluding hydrogens is 164 g/mol. The first kappa shape index (κ1) is 7.98. The lowest BCUT2D eigenvalue weighted by Crippen LogP contribution is -1.92. The molecule has 0 bridgehead atoms. The van der Waals surface area contributed by atoms with Gasteiger partial charge in [0.1, 0.15) is 5.82 Å². The molecule has 0 aromatic carbocycles. The Morgan fingerprint density at radius 2 is 2.08 bits per heavy atom. The van der Waals surface area contributed by atoms with Gasteiger partial charge in [0.15, 0.2) is 0 Å². The van der Waals surface area contributed by atoms with Crippen molar-refractivity contribution in [3.8, 4) is 11.3 Å². The van der Waals surface area contributed by atoms with Crippen LogP contribution < -0.4 is 0 Å². The molecule has 0 atom stereocenters. The minimum atomic E-state index is 0.788. The molecule has 3 heteroatoms. The topological polar surface area (TPSA) is 38.9 Å². The molecule has 2 aromatic heterocycles. The van der Waals surface area contributed by atoms with E-state index in [-0.39, 0.29) is 0 Å². The van der Waals surface area contributed by atoms with Crippen LogP contribution in [-0.4, -0.2) is 9.97 Å². The van der Waals surface area contributed by atoms with Gasteiger partial charge >= 0.3 is 0 Å². The van der Waals surface area contributed by atoms with Crippen molar-refractivity contribution in [3.63, 3.8) is 0 Å². The predicted molar refractivity (Wildman–Crippen MR) is 49.2 cm³/mol. The van der Waals surface area contributed by atoms with Gasteiger partial charge in [0.25, 0.3) is 0 Å². The van der Waals surface area contributed by atoms with Gasteiger partial charge in [0.05, 0.1) is 18.2 Å². The van der Waals surface area contributed by atoms with Gasteiger partial charge in [-0.25, -0.2) is 9.97 Å². The lowest BCUT2D eigenvalue weighted by molar-refractivity contribution is 0.568. The number of rotatable bonds is 1. The Morgan fingerprint density at radius 1 is 1.23 bits per heavy atom. The largest absolute Gasteiger partial charge is 0.472 e. The maximum atomic E-state index is 4.99. The fraction of sp³-hybridized carbons (Fsp3) is 0.200. The molecule has 0 amide bonds. The third-order valence-corrected chi connectivity index (χ3v) is 1.78. The number of hydrogen-bond donors (Lipinski definition) is 0. The van der Waals surface area contributed by atoms with Gasteiger partial charge in [0.2, 0.25) is 0 Å². The summed E-state index contributed by atoms with van der Waals surface area (Å²) in [5, 5.41) is 0. The molecule has 2 heterocycles. The summed E-state index contributed by atoms with van der Waals surface area (Å²) >= 11 is 0. The van der Waals surface area contributed by atoms with Gasteiger partial charge in [-0.15, -0.1) is 0 Å². The molecule has 0 aliphatic carbocycles. The van der Waals surface area contributed by atoms with Crippen LogP contribution in [0.3, 0.4) is 0 Å². The fourth-order valence-corrected chi connectivity index (χ4v) is 1.28. The highest BCUT2D eigenvalue weighted by molar-refractivity contribution is 5.57. The van der Waals surface area contributed by atoms with Crippen molar-refractivity contribution in [2.75, 3.05) is 0 Å². The Bertz CT molecular complexity index is 387. The molecule has 0 unspecified atom stereocenters. The van der Waals surface area contributed by atoms with Crippen LogP contribution in [0.1, 0.15) is 11.5 Å². The lowest BCUT2D eigenvalue weighted by Gasteiger charge is -1.99. The van der Waals surface area contributed by atoms with Gasteiger partial charge in [-0.05, 0) is 26.0 Å². The van der Waals surface area contributed by atoms with Crippen LogP contribution >= 0.6 is 0 Å². The monoisotopic (exact) mass is 174 g/mol. The summed E-state index contributed by atoms with van der Waals surface area (Å²) in [6.45, 7) is 3.84. The summed E-state index contributed by atoms with van der Waals surface area (Å²) in [6, 6.07) is 3.83. The summed E-state index contributed by atoms with van der Waals surface area (Å²) in [7, 11) is 0. The quantitative estimate of drug-likeness (QED) is 0.666. The molecule has 0 fully saturated rings. The Labute approximate surface area is 76.5 Å². The van der Waals surface area contributed by atoms with E-state index in [4.69, 9.17) is 4.42 Å². The highest BCUT2D eigenvalue weighted by Crippen LogP contribution is 2.17. The molecular formula is C10H10N2O. The minimum absolute atomic E-state index is 0.788. The zero-order valence-electron chi connectivity index (χ0n) is 7.61. The summed E-state index contributed by atoms with van der Waals surface area (Å²) in [5.41, 5.74) is 2.89. The van der Waals surface area contributed by atoms with Crippen LogP contribution in [-0.2, 0) is 0 Å². The fourth-order valence-electron chi connectivity index (χ4n) is 1.28. The molecule has 0 saturated heterocycles. The van der Waals surface area contributed by atoms with Gasteiger partial charge in [-0.2, -0.15) is 0 Å². The van der Waals surface area contributed by atoms with Crippen LogP contribution in [0.25, 0.3) is 11.3 Å². The third kappa shape index (κ3) is 1.59. The standard InChI is InChI=1S/C10H10N2O/c1-7-5-10(12-8(2)11-7)9-3-4-13-6-9/h3-6H,1-2H3. The maximum Gasteiger partial charge on any atom is 0.126 e. The van der Waals surface area contributed by atoms with Gasteiger partial charge in [-0.1, -0.05) is 0 Å². The molecule has 0 aliphatic heterocycles. The highest BCUT2D eigenvalue weighted by atomic mass is 16.3. The van der Waals surface area contributed by atoms with E-state index in [0.29, 0.717) is 0 Å². The molecule has 66 valence electrons. The molecule has 0 spiro atoms. The second-order valence-electron chi connectivity index (χ2n) is 2.95. The number of aromatic nitrogens is 2. The van der Waals surface area contributed by atoms with Crippen molar-refractivity contribution in [1.29, 1.82) is 0 Å². The second kappa shape index (κ2) is 3.01. The minimum Gasteiger partial charge on any atom is -0.472 e. The average molecular weight is 174 g/mol. The average Bonchev–Trinajstić information content (AvgIpc) is 2.53. The van der Waals surface area contributed by atoms with E-state index in [9.17, 15) is 0 Å². The normalized spacial score (nSPS) is 10.3.